The molecule has 7 heteroatoms. The third-order valence-electron chi connectivity index (χ3n) is 6.83. The highest BCUT2D eigenvalue weighted by Crippen LogP contribution is 2.44. The maximum Gasteiger partial charge on any atom is 0.222 e. The molecule has 31 heavy (non-hydrogen) atoms. The van der Waals surface area contributed by atoms with E-state index in [1.54, 1.807) is 7.11 Å². The van der Waals surface area contributed by atoms with Crippen molar-refractivity contribution in [2.45, 2.75) is 63.5 Å². The minimum atomic E-state index is -0.446. The summed E-state index contributed by atoms with van der Waals surface area (Å²) in [4.78, 5) is 19.1. The number of thiophene rings is 1. The molecule has 0 aliphatic heterocycles. The number of carbonyl (C=O) groups is 1. The van der Waals surface area contributed by atoms with Crippen LogP contribution in [-0.4, -0.2) is 22.6 Å². The Labute approximate surface area is 191 Å². The van der Waals surface area contributed by atoms with Gasteiger partial charge in [-0.15, -0.1) is 11.3 Å². The Hall–Kier alpha value is -2.05. The SMILES string of the molecule is COc1ccc2nc(-c3ccc(Cl)s3)n(C3(NC(=O)CC4CCCCC4)CCC3)c2c1. The lowest BCUT2D eigenvalue weighted by Crippen LogP contribution is -2.55. The second kappa shape index (κ2) is 8.47. The predicted octanol–water partition coefficient (Wildman–Crippen LogP) is 6.35. The van der Waals surface area contributed by atoms with Crippen LogP contribution in [0, 0.1) is 5.92 Å². The molecule has 2 aliphatic carbocycles. The molecule has 1 aromatic carbocycles. The van der Waals surface area contributed by atoms with Crippen LogP contribution in [0.3, 0.4) is 0 Å². The van der Waals surface area contributed by atoms with Crippen LogP contribution in [0.4, 0.5) is 0 Å². The number of fused-ring (bicyclic) bond motifs is 1. The number of methoxy groups -OCH3 is 1. The van der Waals surface area contributed by atoms with Gasteiger partial charge in [0.2, 0.25) is 5.91 Å². The zero-order valence-corrected chi connectivity index (χ0v) is 19.4. The quantitative estimate of drug-likeness (QED) is 0.469. The maximum absolute atomic E-state index is 13.1. The number of rotatable bonds is 6. The van der Waals surface area contributed by atoms with Crippen molar-refractivity contribution in [3.63, 3.8) is 0 Å². The number of carbonyl (C=O) groups excluding carboxylic acids is 1. The van der Waals surface area contributed by atoms with E-state index in [1.165, 1.54) is 43.4 Å². The van der Waals surface area contributed by atoms with E-state index in [4.69, 9.17) is 21.3 Å². The van der Waals surface area contributed by atoms with Crippen LogP contribution < -0.4 is 10.1 Å². The highest BCUT2D eigenvalue weighted by Gasteiger charge is 2.43. The molecule has 164 valence electrons. The van der Waals surface area contributed by atoms with Gasteiger partial charge >= 0.3 is 0 Å². The largest absolute Gasteiger partial charge is 0.497 e. The Balaban J connectivity index is 1.55. The summed E-state index contributed by atoms with van der Waals surface area (Å²) in [6, 6.07) is 9.85. The van der Waals surface area contributed by atoms with Gasteiger partial charge in [-0.25, -0.2) is 4.98 Å². The van der Waals surface area contributed by atoms with E-state index >= 15 is 0 Å². The van der Waals surface area contributed by atoms with E-state index in [2.05, 4.69) is 9.88 Å². The van der Waals surface area contributed by atoms with Gasteiger partial charge in [0.15, 0.2) is 5.82 Å². The molecule has 2 aromatic heterocycles. The molecule has 0 radical (unpaired) electrons. The zero-order valence-electron chi connectivity index (χ0n) is 17.8. The fraction of sp³-hybridized carbons (Fsp3) is 0.500. The number of nitrogens with one attached hydrogen (secondary N) is 1. The molecule has 2 heterocycles. The lowest BCUT2D eigenvalue weighted by molar-refractivity contribution is -0.127. The molecule has 1 N–H and O–H groups in total. The lowest BCUT2D eigenvalue weighted by Gasteiger charge is -2.45. The minimum absolute atomic E-state index is 0.159. The molecule has 0 bridgehead atoms. The Morgan fingerprint density at radius 3 is 2.68 bits per heavy atom. The number of amides is 1. The summed E-state index contributed by atoms with van der Waals surface area (Å²) < 4.78 is 8.46. The minimum Gasteiger partial charge on any atom is -0.497 e. The number of halogens is 1. The van der Waals surface area contributed by atoms with Crippen molar-refractivity contribution >= 4 is 39.9 Å². The smallest absolute Gasteiger partial charge is 0.222 e. The van der Waals surface area contributed by atoms with Crippen molar-refractivity contribution in [2.24, 2.45) is 5.92 Å². The van der Waals surface area contributed by atoms with Crippen LogP contribution in [0.25, 0.3) is 21.7 Å². The van der Waals surface area contributed by atoms with Gasteiger partial charge in [-0.05, 0) is 62.3 Å². The van der Waals surface area contributed by atoms with Crippen molar-refractivity contribution in [1.29, 1.82) is 0 Å². The number of benzene rings is 1. The number of aromatic nitrogens is 2. The average Bonchev–Trinajstić information content (AvgIpc) is 3.34. The van der Waals surface area contributed by atoms with Gasteiger partial charge in [0.25, 0.3) is 0 Å². The van der Waals surface area contributed by atoms with Crippen molar-refractivity contribution in [2.75, 3.05) is 7.11 Å². The Morgan fingerprint density at radius 2 is 2.03 bits per heavy atom. The maximum atomic E-state index is 13.1. The first-order valence-corrected chi connectivity index (χ1v) is 12.4. The predicted molar refractivity (Wildman–Crippen MR) is 126 cm³/mol. The van der Waals surface area contributed by atoms with E-state index < -0.39 is 5.66 Å². The van der Waals surface area contributed by atoms with Gasteiger partial charge in [-0.1, -0.05) is 30.9 Å². The first kappa shape index (κ1) is 20.8. The topological polar surface area (TPSA) is 56.1 Å². The highest BCUT2D eigenvalue weighted by molar-refractivity contribution is 7.19. The summed E-state index contributed by atoms with van der Waals surface area (Å²) in [5.74, 6) is 2.32. The first-order valence-electron chi connectivity index (χ1n) is 11.2. The molecule has 5 nitrogen and oxygen atoms in total. The second-order valence-electron chi connectivity index (χ2n) is 8.87. The van der Waals surface area contributed by atoms with Crippen LogP contribution in [0.1, 0.15) is 57.8 Å². The molecule has 0 unspecified atom stereocenters. The number of hydrogen-bond donors (Lipinski definition) is 1. The number of hydrogen-bond acceptors (Lipinski definition) is 4. The van der Waals surface area contributed by atoms with E-state index in [-0.39, 0.29) is 5.91 Å². The van der Waals surface area contributed by atoms with Gasteiger partial charge in [0.05, 0.1) is 27.4 Å². The highest BCUT2D eigenvalue weighted by atomic mass is 35.5. The summed E-state index contributed by atoms with van der Waals surface area (Å²) >= 11 is 7.77. The molecule has 0 atom stereocenters. The number of nitrogens with zero attached hydrogens (tertiary/aromatic N) is 2. The van der Waals surface area contributed by atoms with Crippen molar-refractivity contribution in [3.8, 4) is 16.5 Å². The van der Waals surface area contributed by atoms with E-state index in [0.29, 0.717) is 12.3 Å². The molecule has 2 fully saturated rings. The molecule has 2 aliphatic rings. The molecule has 0 saturated heterocycles. The zero-order chi connectivity index (χ0) is 21.4. The summed E-state index contributed by atoms with van der Waals surface area (Å²) in [5.41, 5.74) is 1.43. The third kappa shape index (κ3) is 3.96. The summed E-state index contributed by atoms with van der Waals surface area (Å²) in [7, 11) is 1.67. The van der Waals surface area contributed by atoms with Gasteiger partial charge < -0.3 is 10.1 Å². The molecule has 1 amide bonds. The van der Waals surface area contributed by atoms with Gasteiger partial charge in [0, 0.05) is 12.5 Å². The number of imidazole rings is 1. The third-order valence-corrected chi connectivity index (χ3v) is 8.06. The monoisotopic (exact) mass is 457 g/mol. The van der Waals surface area contributed by atoms with Gasteiger partial charge in [-0.3, -0.25) is 9.36 Å². The summed E-state index contributed by atoms with van der Waals surface area (Å²) in [5, 5.41) is 3.44. The van der Waals surface area contributed by atoms with E-state index in [9.17, 15) is 4.79 Å². The molecular weight excluding hydrogens is 430 g/mol. The summed E-state index contributed by atoms with van der Waals surface area (Å²) in [6.07, 6.45) is 9.65. The van der Waals surface area contributed by atoms with Crippen molar-refractivity contribution in [1.82, 2.24) is 14.9 Å². The molecule has 0 spiro atoms. The van der Waals surface area contributed by atoms with E-state index in [0.717, 1.165) is 51.1 Å². The van der Waals surface area contributed by atoms with E-state index in [1.807, 2.05) is 30.3 Å². The van der Waals surface area contributed by atoms with Crippen LogP contribution in [0.15, 0.2) is 30.3 Å². The fourth-order valence-corrected chi connectivity index (χ4v) is 6.12. The Kier molecular flexibility index (Phi) is 5.69. The second-order valence-corrected chi connectivity index (χ2v) is 10.6. The van der Waals surface area contributed by atoms with Crippen molar-refractivity contribution < 1.29 is 9.53 Å². The lowest BCUT2D eigenvalue weighted by atomic mass is 9.82. The van der Waals surface area contributed by atoms with Crippen LogP contribution in [0.5, 0.6) is 5.75 Å². The van der Waals surface area contributed by atoms with Crippen molar-refractivity contribution in [3.05, 3.63) is 34.7 Å². The van der Waals surface area contributed by atoms with Gasteiger partial charge in [-0.2, -0.15) is 0 Å². The Bertz CT molecular complexity index is 1100. The Morgan fingerprint density at radius 1 is 1.23 bits per heavy atom. The molecule has 2 saturated carbocycles. The summed E-state index contributed by atoms with van der Waals surface area (Å²) in [6.45, 7) is 0. The molecular formula is C24H28ClN3O2S. The molecule has 3 aromatic rings. The molecule has 5 rings (SSSR count). The number of ether oxygens (including phenoxy) is 1. The standard InChI is InChI=1S/C24H28ClN3O2S/c1-30-17-8-9-18-19(15-17)28(23(26-18)20-10-11-21(25)31-20)24(12-5-13-24)27-22(29)14-16-6-3-2-4-7-16/h8-11,15-16H,2-7,12-14H2,1H3,(H,27,29). The fourth-order valence-electron chi connectivity index (χ4n) is 5.10. The van der Waals surface area contributed by atoms with Crippen LogP contribution in [-0.2, 0) is 10.5 Å². The van der Waals surface area contributed by atoms with Crippen LogP contribution >= 0.6 is 22.9 Å². The van der Waals surface area contributed by atoms with Gasteiger partial charge in [0.1, 0.15) is 11.4 Å². The van der Waals surface area contributed by atoms with Crippen LogP contribution in [0.2, 0.25) is 4.34 Å². The normalized spacial score (nSPS) is 18.6. The first-order chi connectivity index (χ1) is 15.1. The average molecular weight is 458 g/mol.